The highest BCUT2D eigenvalue weighted by molar-refractivity contribution is 5.81. The summed E-state index contributed by atoms with van der Waals surface area (Å²) in [5.41, 5.74) is 3.30. The first-order valence-electron chi connectivity index (χ1n) is 10.3. The van der Waals surface area contributed by atoms with Crippen LogP contribution in [0.1, 0.15) is 37.0 Å². The van der Waals surface area contributed by atoms with Gasteiger partial charge in [0.2, 0.25) is 0 Å². The molecule has 1 heterocycles. The van der Waals surface area contributed by atoms with Crippen molar-refractivity contribution in [2.45, 2.75) is 39.3 Å². The van der Waals surface area contributed by atoms with Gasteiger partial charge < -0.3 is 10.1 Å². The van der Waals surface area contributed by atoms with Crippen LogP contribution in [-0.2, 0) is 17.8 Å². The van der Waals surface area contributed by atoms with E-state index >= 15 is 0 Å². The maximum atomic E-state index is 12.7. The minimum Gasteiger partial charge on any atom is -0.479 e. The lowest BCUT2D eigenvalue weighted by atomic mass is 10.00. The molecule has 2 aromatic rings. The third kappa shape index (κ3) is 5.58. The van der Waals surface area contributed by atoms with E-state index in [-0.39, 0.29) is 11.8 Å². The summed E-state index contributed by atoms with van der Waals surface area (Å²) >= 11 is 0. The summed E-state index contributed by atoms with van der Waals surface area (Å²) in [7, 11) is 0. The van der Waals surface area contributed by atoms with Gasteiger partial charge in [-0.25, -0.2) is 0 Å². The molecule has 0 saturated carbocycles. The number of nitriles is 1. The Bertz CT molecular complexity index is 872. The van der Waals surface area contributed by atoms with Crippen molar-refractivity contribution in [1.29, 1.82) is 5.26 Å². The summed E-state index contributed by atoms with van der Waals surface area (Å²) in [5.74, 6) is 0.327. The maximum Gasteiger partial charge on any atom is 0.261 e. The third-order valence-corrected chi connectivity index (χ3v) is 5.29. The standard InChI is InChI=1S/C24H29N3O2/c1-18(2)23(29-22-11-6-5-9-20(22)16-25)24(28)26-13-7-14-27-15-12-19-8-3-4-10-21(19)17-27/h3-6,8-11,18,23H,7,12-15,17H2,1-2H3,(H,26,28). The van der Waals surface area contributed by atoms with Crippen molar-refractivity contribution in [3.05, 3.63) is 65.2 Å². The first-order valence-corrected chi connectivity index (χ1v) is 10.3. The molecule has 1 aliphatic rings. The molecule has 29 heavy (non-hydrogen) atoms. The van der Waals surface area contributed by atoms with Crippen molar-refractivity contribution in [2.75, 3.05) is 19.6 Å². The summed E-state index contributed by atoms with van der Waals surface area (Å²) in [4.78, 5) is 15.1. The number of nitrogens with zero attached hydrogens (tertiary/aromatic N) is 2. The number of carbonyl (C=O) groups excluding carboxylic acids is 1. The number of amides is 1. The molecular formula is C24H29N3O2. The molecule has 0 aromatic heterocycles. The molecule has 2 aromatic carbocycles. The molecule has 1 aliphatic heterocycles. The monoisotopic (exact) mass is 391 g/mol. The van der Waals surface area contributed by atoms with Crippen LogP contribution >= 0.6 is 0 Å². The van der Waals surface area contributed by atoms with E-state index in [2.05, 4.69) is 40.6 Å². The highest BCUT2D eigenvalue weighted by Gasteiger charge is 2.25. The topological polar surface area (TPSA) is 65.4 Å². The summed E-state index contributed by atoms with van der Waals surface area (Å²) in [6.07, 6.45) is 1.36. The van der Waals surface area contributed by atoms with Gasteiger partial charge in [-0.05, 0) is 42.0 Å². The summed E-state index contributed by atoms with van der Waals surface area (Å²) in [6.45, 7) is 7.51. The lowest BCUT2D eigenvalue weighted by Gasteiger charge is -2.28. The predicted molar refractivity (Wildman–Crippen MR) is 113 cm³/mol. The van der Waals surface area contributed by atoms with Crippen LogP contribution in [0.5, 0.6) is 5.75 Å². The van der Waals surface area contributed by atoms with Crippen LogP contribution in [0, 0.1) is 17.2 Å². The molecule has 0 saturated heterocycles. The first-order chi connectivity index (χ1) is 14.1. The number of carbonyl (C=O) groups is 1. The zero-order valence-corrected chi connectivity index (χ0v) is 17.2. The SMILES string of the molecule is CC(C)C(Oc1ccccc1C#N)C(=O)NCCCN1CCc2ccccc2C1. The number of hydrogen-bond donors (Lipinski definition) is 1. The minimum atomic E-state index is -0.619. The molecule has 0 spiro atoms. The molecule has 1 amide bonds. The molecule has 0 radical (unpaired) electrons. The average Bonchev–Trinajstić information content (AvgIpc) is 2.74. The van der Waals surface area contributed by atoms with Gasteiger partial charge in [-0.2, -0.15) is 5.26 Å². The van der Waals surface area contributed by atoms with Gasteiger partial charge in [-0.3, -0.25) is 9.69 Å². The van der Waals surface area contributed by atoms with Crippen molar-refractivity contribution in [2.24, 2.45) is 5.92 Å². The largest absolute Gasteiger partial charge is 0.479 e. The normalized spacial score (nSPS) is 14.7. The molecule has 0 aliphatic carbocycles. The molecule has 152 valence electrons. The van der Waals surface area contributed by atoms with Crippen molar-refractivity contribution >= 4 is 5.91 Å². The van der Waals surface area contributed by atoms with E-state index in [1.165, 1.54) is 11.1 Å². The highest BCUT2D eigenvalue weighted by atomic mass is 16.5. The lowest BCUT2D eigenvalue weighted by molar-refractivity contribution is -0.129. The summed E-state index contributed by atoms with van der Waals surface area (Å²) in [5, 5.41) is 12.2. The number of ether oxygens (including phenoxy) is 1. The van der Waals surface area contributed by atoms with E-state index in [1.54, 1.807) is 18.2 Å². The Morgan fingerprint density at radius 3 is 2.66 bits per heavy atom. The number of para-hydroxylation sites is 1. The molecule has 3 rings (SSSR count). The lowest BCUT2D eigenvalue weighted by Crippen LogP contribution is -2.43. The van der Waals surface area contributed by atoms with Crippen molar-refractivity contribution in [3.63, 3.8) is 0 Å². The second-order valence-corrected chi connectivity index (χ2v) is 7.83. The smallest absolute Gasteiger partial charge is 0.261 e. The third-order valence-electron chi connectivity index (χ3n) is 5.29. The van der Waals surface area contributed by atoms with Crippen molar-refractivity contribution in [3.8, 4) is 11.8 Å². The van der Waals surface area contributed by atoms with E-state index in [4.69, 9.17) is 4.74 Å². The maximum absolute atomic E-state index is 12.7. The fraction of sp³-hybridized carbons (Fsp3) is 0.417. The number of nitrogens with one attached hydrogen (secondary N) is 1. The average molecular weight is 392 g/mol. The molecule has 1 atom stereocenters. The van der Waals surface area contributed by atoms with E-state index in [0.717, 1.165) is 32.5 Å². The van der Waals surface area contributed by atoms with Gasteiger partial charge in [0.05, 0.1) is 5.56 Å². The number of benzene rings is 2. The van der Waals surface area contributed by atoms with Crippen LogP contribution < -0.4 is 10.1 Å². The number of fused-ring (bicyclic) bond motifs is 1. The van der Waals surface area contributed by atoms with Crippen LogP contribution in [-0.4, -0.2) is 36.5 Å². The Morgan fingerprint density at radius 2 is 1.90 bits per heavy atom. The first kappa shape index (κ1) is 20.9. The fourth-order valence-electron chi connectivity index (χ4n) is 3.65. The van der Waals surface area contributed by atoms with Crippen molar-refractivity contribution < 1.29 is 9.53 Å². The second kappa shape index (κ2) is 10.1. The second-order valence-electron chi connectivity index (χ2n) is 7.83. The van der Waals surface area contributed by atoms with Gasteiger partial charge in [-0.15, -0.1) is 0 Å². The zero-order valence-electron chi connectivity index (χ0n) is 17.2. The van der Waals surface area contributed by atoms with Crippen LogP contribution in [0.15, 0.2) is 48.5 Å². The Morgan fingerprint density at radius 1 is 1.17 bits per heavy atom. The molecular weight excluding hydrogens is 362 g/mol. The number of rotatable bonds is 8. The number of hydrogen-bond acceptors (Lipinski definition) is 4. The Kier molecular flexibility index (Phi) is 7.26. The van der Waals surface area contributed by atoms with Crippen molar-refractivity contribution in [1.82, 2.24) is 10.2 Å². The highest BCUT2D eigenvalue weighted by Crippen LogP contribution is 2.21. The summed E-state index contributed by atoms with van der Waals surface area (Å²) < 4.78 is 5.90. The minimum absolute atomic E-state index is 0.000320. The van der Waals surface area contributed by atoms with Gasteiger partial charge >= 0.3 is 0 Å². The van der Waals surface area contributed by atoms with E-state index < -0.39 is 6.10 Å². The molecule has 1 unspecified atom stereocenters. The Labute approximate surface area is 173 Å². The van der Waals surface area contributed by atoms with Gasteiger partial charge in [0.1, 0.15) is 11.8 Å². The molecule has 5 nitrogen and oxygen atoms in total. The summed E-state index contributed by atoms with van der Waals surface area (Å²) in [6, 6.07) is 17.7. The molecule has 5 heteroatoms. The zero-order chi connectivity index (χ0) is 20.6. The van der Waals surface area contributed by atoms with Crippen LogP contribution in [0.25, 0.3) is 0 Å². The molecule has 0 fully saturated rings. The van der Waals surface area contributed by atoms with Gasteiger partial charge in [-0.1, -0.05) is 50.2 Å². The predicted octanol–water partition coefficient (Wildman–Crippen LogP) is 3.53. The Hall–Kier alpha value is -2.84. The van der Waals surface area contributed by atoms with E-state index in [0.29, 0.717) is 17.9 Å². The molecule has 1 N–H and O–H groups in total. The fourth-order valence-corrected chi connectivity index (χ4v) is 3.65. The van der Waals surface area contributed by atoms with E-state index in [1.807, 2.05) is 19.9 Å². The van der Waals surface area contributed by atoms with Crippen LogP contribution in [0.2, 0.25) is 0 Å². The van der Waals surface area contributed by atoms with Gasteiger partial charge in [0.15, 0.2) is 6.10 Å². The van der Waals surface area contributed by atoms with Gasteiger partial charge in [0, 0.05) is 26.2 Å². The van der Waals surface area contributed by atoms with Gasteiger partial charge in [0.25, 0.3) is 5.91 Å². The van der Waals surface area contributed by atoms with Crippen LogP contribution in [0.4, 0.5) is 0 Å². The van der Waals surface area contributed by atoms with Crippen LogP contribution in [0.3, 0.4) is 0 Å². The van der Waals surface area contributed by atoms with E-state index in [9.17, 15) is 10.1 Å². The molecule has 0 bridgehead atoms. The quantitative estimate of drug-likeness (QED) is 0.699. The Balaban J connectivity index is 1.47.